The van der Waals surface area contributed by atoms with Gasteiger partial charge in [-0.3, -0.25) is 4.79 Å². The molecule has 1 aromatic heterocycles. The first-order valence-electron chi connectivity index (χ1n) is 2.98. The van der Waals surface area contributed by atoms with Crippen molar-refractivity contribution in [3.63, 3.8) is 0 Å². The third kappa shape index (κ3) is 1.03. The van der Waals surface area contributed by atoms with Gasteiger partial charge in [0.1, 0.15) is 0 Å². The third-order valence-electron chi connectivity index (χ3n) is 1.32. The molecule has 0 aliphatic heterocycles. The molecule has 3 heteroatoms. The van der Waals surface area contributed by atoms with E-state index in [-0.39, 0.29) is 5.56 Å². The summed E-state index contributed by atoms with van der Waals surface area (Å²) >= 11 is 0. The lowest BCUT2D eigenvalue weighted by Crippen LogP contribution is -2.09. The summed E-state index contributed by atoms with van der Waals surface area (Å²) in [6.07, 6.45) is 1.60. The lowest BCUT2D eigenvalue weighted by atomic mass is 10.3. The zero-order chi connectivity index (χ0) is 7.56. The molecule has 0 spiro atoms. The summed E-state index contributed by atoms with van der Waals surface area (Å²) in [6, 6.07) is 1.79. The highest BCUT2D eigenvalue weighted by atomic mass is 16.5. The number of nitrogens with one attached hydrogen (secondary N) is 1. The van der Waals surface area contributed by atoms with Crippen LogP contribution in [0.3, 0.4) is 0 Å². The van der Waals surface area contributed by atoms with Gasteiger partial charge in [0.05, 0.1) is 7.11 Å². The number of pyridine rings is 1. The fourth-order valence-electron chi connectivity index (χ4n) is 0.816. The van der Waals surface area contributed by atoms with Crippen LogP contribution in [0, 0.1) is 6.92 Å². The van der Waals surface area contributed by atoms with Crippen molar-refractivity contribution in [2.45, 2.75) is 6.92 Å². The van der Waals surface area contributed by atoms with Crippen LogP contribution in [0.15, 0.2) is 17.1 Å². The van der Waals surface area contributed by atoms with Crippen LogP contribution in [0.5, 0.6) is 5.75 Å². The number of ether oxygens (including phenoxy) is 1. The molecular formula is C7H9NO2. The molecule has 10 heavy (non-hydrogen) atoms. The summed E-state index contributed by atoms with van der Waals surface area (Å²) in [7, 11) is 1.48. The van der Waals surface area contributed by atoms with Gasteiger partial charge in [-0.1, -0.05) is 0 Å². The molecule has 1 heterocycles. The van der Waals surface area contributed by atoms with Gasteiger partial charge in [0.15, 0.2) is 5.75 Å². The Kier molecular flexibility index (Phi) is 1.76. The van der Waals surface area contributed by atoms with Crippen LogP contribution in [0.2, 0.25) is 0 Å². The quantitative estimate of drug-likeness (QED) is 0.622. The second kappa shape index (κ2) is 2.56. The fourth-order valence-corrected chi connectivity index (χ4v) is 0.816. The monoisotopic (exact) mass is 139 g/mol. The molecular weight excluding hydrogens is 130 g/mol. The molecule has 1 aromatic rings. The van der Waals surface area contributed by atoms with Gasteiger partial charge in [-0.05, 0) is 18.6 Å². The van der Waals surface area contributed by atoms with E-state index >= 15 is 0 Å². The molecule has 54 valence electrons. The van der Waals surface area contributed by atoms with Crippen LogP contribution in [-0.4, -0.2) is 12.1 Å². The van der Waals surface area contributed by atoms with Crippen LogP contribution in [-0.2, 0) is 0 Å². The van der Waals surface area contributed by atoms with Crippen LogP contribution >= 0.6 is 0 Å². The van der Waals surface area contributed by atoms with Gasteiger partial charge in [0, 0.05) is 6.20 Å². The molecule has 0 aromatic carbocycles. The van der Waals surface area contributed by atoms with E-state index in [1.807, 2.05) is 6.92 Å². The summed E-state index contributed by atoms with van der Waals surface area (Å²) in [5.74, 6) is 0.391. The van der Waals surface area contributed by atoms with Crippen molar-refractivity contribution < 1.29 is 4.74 Å². The van der Waals surface area contributed by atoms with Crippen molar-refractivity contribution in [2.75, 3.05) is 7.11 Å². The first kappa shape index (κ1) is 6.86. The van der Waals surface area contributed by atoms with Gasteiger partial charge in [0.25, 0.3) is 5.56 Å². The largest absolute Gasteiger partial charge is 0.491 e. The number of aryl methyl sites for hydroxylation is 1. The minimum Gasteiger partial charge on any atom is -0.491 e. The molecule has 0 fully saturated rings. The zero-order valence-corrected chi connectivity index (χ0v) is 5.97. The van der Waals surface area contributed by atoms with Crippen molar-refractivity contribution in [1.82, 2.24) is 4.98 Å². The Balaban J connectivity index is 3.31. The predicted octanol–water partition coefficient (Wildman–Crippen LogP) is 0.692. The first-order valence-corrected chi connectivity index (χ1v) is 2.98. The zero-order valence-electron chi connectivity index (χ0n) is 5.97. The number of methoxy groups -OCH3 is 1. The van der Waals surface area contributed by atoms with E-state index in [1.54, 1.807) is 12.3 Å². The summed E-state index contributed by atoms with van der Waals surface area (Å²) < 4.78 is 4.83. The van der Waals surface area contributed by atoms with Gasteiger partial charge in [-0.25, -0.2) is 0 Å². The second-order valence-corrected chi connectivity index (χ2v) is 2.02. The Labute approximate surface area is 58.7 Å². The maximum atomic E-state index is 10.9. The van der Waals surface area contributed by atoms with Crippen LogP contribution in [0.4, 0.5) is 0 Å². The molecule has 0 aliphatic carbocycles. The van der Waals surface area contributed by atoms with E-state index in [0.29, 0.717) is 5.75 Å². The highest BCUT2D eigenvalue weighted by molar-refractivity contribution is 5.27. The van der Waals surface area contributed by atoms with E-state index in [1.165, 1.54) is 7.11 Å². The van der Waals surface area contributed by atoms with E-state index in [9.17, 15) is 4.79 Å². The summed E-state index contributed by atoms with van der Waals surface area (Å²) in [5.41, 5.74) is 0.675. The van der Waals surface area contributed by atoms with Crippen molar-refractivity contribution in [2.24, 2.45) is 0 Å². The average Bonchev–Trinajstić information content (AvgIpc) is 1.88. The smallest absolute Gasteiger partial charge is 0.290 e. The van der Waals surface area contributed by atoms with Crippen molar-refractivity contribution in [3.8, 4) is 5.75 Å². The molecule has 3 nitrogen and oxygen atoms in total. The highest BCUT2D eigenvalue weighted by Gasteiger charge is 1.99. The average molecular weight is 139 g/mol. The minimum absolute atomic E-state index is 0.178. The lowest BCUT2D eigenvalue weighted by Gasteiger charge is -1.99. The van der Waals surface area contributed by atoms with E-state index in [2.05, 4.69) is 4.98 Å². The SMILES string of the molecule is COc1c(C)cc[nH]c1=O. The second-order valence-electron chi connectivity index (χ2n) is 2.02. The summed E-state index contributed by atoms with van der Waals surface area (Å²) in [6.45, 7) is 1.83. The molecule has 0 amide bonds. The van der Waals surface area contributed by atoms with E-state index in [4.69, 9.17) is 4.74 Å². The molecule has 0 saturated carbocycles. The van der Waals surface area contributed by atoms with E-state index in [0.717, 1.165) is 5.56 Å². The topological polar surface area (TPSA) is 42.1 Å². The number of rotatable bonds is 1. The van der Waals surface area contributed by atoms with Crippen molar-refractivity contribution in [1.29, 1.82) is 0 Å². The summed E-state index contributed by atoms with van der Waals surface area (Å²) in [4.78, 5) is 13.4. The minimum atomic E-state index is -0.178. The van der Waals surface area contributed by atoms with Gasteiger partial charge >= 0.3 is 0 Å². The summed E-state index contributed by atoms with van der Waals surface area (Å²) in [5, 5.41) is 0. The number of aromatic nitrogens is 1. The number of hydrogen-bond acceptors (Lipinski definition) is 2. The van der Waals surface area contributed by atoms with Gasteiger partial charge in [-0.15, -0.1) is 0 Å². The molecule has 0 unspecified atom stereocenters. The van der Waals surface area contributed by atoms with Gasteiger partial charge < -0.3 is 9.72 Å². The number of H-pyrrole nitrogens is 1. The molecule has 0 bridgehead atoms. The van der Waals surface area contributed by atoms with Crippen LogP contribution < -0.4 is 10.3 Å². The Hall–Kier alpha value is -1.25. The van der Waals surface area contributed by atoms with Crippen LogP contribution in [0.1, 0.15) is 5.56 Å². The molecule has 0 radical (unpaired) electrons. The highest BCUT2D eigenvalue weighted by Crippen LogP contribution is 2.07. The molecule has 1 rings (SSSR count). The Morgan fingerprint density at radius 3 is 2.70 bits per heavy atom. The standard InChI is InChI=1S/C7H9NO2/c1-5-3-4-8-7(9)6(5)10-2/h3-4H,1-2H3,(H,8,9). The fraction of sp³-hybridized carbons (Fsp3) is 0.286. The molecule has 0 saturated heterocycles. The Morgan fingerprint density at radius 1 is 1.60 bits per heavy atom. The number of aromatic amines is 1. The maximum Gasteiger partial charge on any atom is 0.290 e. The lowest BCUT2D eigenvalue weighted by molar-refractivity contribution is 0.405. The molecule has 1 N–H and O–H groups in total. The Bertz CT molecular complexity index is 277. The van der Waals surface area contributed by atoms with Gasteiger partial charge in [0.2, 0.25) is 0 Å². The molecule has 0 atom stereocenters. The first-order chi connectivity index (χ1) is 4.75. The third-order valence-corrected chi connectivity index (χ3v) is 1.32. The van der Waals surface area contributed by atoms with E-state index < -0.39 is 0 Å². The van der Waals surface area contributed by atoms with Gasteiger partial charge in [-0.2, -0.15) is 0 Å². The van der Waals surface area contributed by atoms with Crippen molar-refractivity contribution in [3.05, 3.63) is 28.2 Å². The molecule has 0 aliphatic rings. The van der Waals surface area contributed by atoms with Crippen LogP contribution in [0.25, 0.3) is 0 Å². The Morgan fingerprint density at radius 2 is 2.30 bits per heavy atom. The number of hydrogen-bond donors (Lipinski definition) is 1. The van der Waals surface area contributed by atoms with Crippen molar-refractivity contribution >= 4 is 0 Å². The normalized spacial score (nSPS) is 9.40. The predicted molar refractivity (Wildman–Crippen MR) is 38.4 cm³/mol. The maximum absolute atomic E-state index is 10.9.